The van der Waals surface area contributed by atoms with Gasteiger partial charge in [-0.05, 0) is 40.9 Å². The molecule has 18 rings (SSSR count). The Bertz CT molecular complexity index is 4630. The first-order valence-corrected chi connectivity index (χ1v) is 40.1. The molecule has 0 atom stereocenters. The summed E-state index contributed by atoms with van der Waals surface area (Å²) >= 11 is 13.4. The third-order valence-corrected chi connectivity index (χ3v) is 17.8. The van der Waals surface area contributed by atoms with Crippen molar-refractivity contribution < 1.29 is 88.2 Å². The molecule has 0 saturated carbocycles. The van der Waals surface area contributed by atoms with Crippen LogP contribution in [0.25, 0.3) is 112 Å². The molecule has 0 unspecified atom stereocenters. The fraction of sp³-hybridized carbons (Fsp3) is 0. The van der Waals surface area contributed by atoms with Crippen LogP contribution >= 0.6 is 22.8 Å². The average molecular weight is 1850 g/mol. The predicted octanol–water partition coefficient (Wildman–Crippen LogP) is 24.4. The van der Waals surface area contributed by atoms with Gasteiger partial charge in [-0.3, -0.25) is 24.9 Å². The minimum absolute atomic E-state index is 0. The molecule has 0 aliphatic rings. The fourth-order valence-electron chi connectivity index (χ4n) is 10.9. The number of rotatable bonds is 12. The van der Waals surface area contributed by atoms with E-state index >= 15 is 0 Å². The molecule has 0 bridgehead atoms. The molecule has 0 fully saturated rings. The van der Waals surface area contributed by atoms with Crippen molar-refractivity contribution in [1.29, 1.82) is 0 Å². The SMILES string of the molecule is O.[F][Ni].[Ni+2].[Ni+2].[Ni+3].[Ni][Br].[S-]c1ccccc1.[c-]1ccccc1-c1[c-]c(-c2ccccn2)ccc1.[c-]1ccccc1-c1[c-]c(-c2ccccn2)ccc1.[c-]1ccccc1-c1[c-]c(-c2ccccn2)ccc1.[c-]1ccccc1-c1[c-]c(-c2ccccn2)ccc1.[c-]1ccccc1-c1[c-]c(-c2ccccn2)ccc1.c1ccc(Pc2ccccc2)cc1. The van der Waals surface area contributed by atoms with Gasteiger partial charge in [0.1, 0.15) is 0 Å². The topological polar surface area (TPSA) is 96.0 Å². The summed E-state index contributed by atoms with van der Waals surface area (Å²) in [4.78, 5) is 22.6. The molecule has 595 valence electrons. The van der Waals surface area contributed by atoms with Crippen molar-refractivity contribution in [2.24, 2.45) is 0 Å². The molecule has 5 aromatic heterocycles. The van der Waals surface area contributed by atoms with Crippen LogP contribution in [0.5, 0.6) is 0 Å². The molecule has 6 nitrogen and oxygen atoms in total. The molecular weight excluding hydrogens is 1780 g/mol. The molecule has 18 aromatic rings. The van der Waals surface area contributed by atoms with Crippen molar-refractivity contribution in [3.8, 4) is 112 Å². The number of aromatic nitrogens is 5. The Hall–Kier alpha value is -10.9. The Morgan fingerprint density at radius 3 is 0.576 bits per heavy atom. The van der Waals surface area contributed by atoms with Crippen molar-refractivity contribution in [1.82, 2.24) is 24.9 Å². The molecule has 0 aliphatic heterocycles. The quantitative estimate of drug-likeness (QED) is 0.0523. The van der Waals surface area contributed by atoms with Crippen molar-refractivity contribution in [2.45, 2.75) is 4.90 Å². The second-order valence-corrected chi connectivity index (χ2v) is 25.9. The van der Waals surface area contributed by atoms with Crippen LogP contribution in [0, 0.1) is 60.7 Å². The van der Waals surface area contributed by atoms with Crippen LogP contribution in [-0.4, -0.2) is 30.4 Å². The zero-order chi connectivity index (χ0) is 79.1. The summed E-state index contributed by atoms with van der Waals surface area (Å²) in [6.07, 6.45) is 8.98. The summed E-state index contributed by atoms with van der Waals surface area (Å²) in [7, 11) is 0.777. The zero-order valence-electron chi connectivity index (χ0n) is 62.9. The van der Waals surface area contributed by atoms with E-state index in [0.717, 1.165) is 125 Å². The van der Waals surface area contributed by atoms with Crippen LogP contribution in [0.4, 0.5) is 3.61 Å². The van der Waals surface area contributed by atoms with Crippen LogP contribution in [0.1, 0.15) is 0 Å². The van der Waals surface area contributed by atoms with E-state index < -0.39 is 0 Å². The van der Waals surface area contributed by atoms with Gasteiger partial charge in [-0.1, -0.05) is 160 Å². The minimum Gasteiger partial charge on any atom is -0.780 e. The molecule has 15 heteroatoms. The van der Waals surface area contributed by atoms with E-state index in [0.29, 0.717) is 0 Å². The molecule has 0 aliphatic carbocycles. The van der Waals surface area contributed by atoms with Crippen LogP contribution in [0.3, 0.4) is 0 Å². The molecule has 0 amide bonds. The molecule has 5 heterocycles. The Balaban J connectivity index is 0.000000213. The minimum atomic E-state index is 0. The summed E-state index contributed by atoms with van der Waals surface area (Å²) in [5, 5.41) is 2.79. The van der Waals surface area contributed by atoms with Gasteiger partial charge in [-0.25, -0.2) is 27.8 Å². The van der Waals surface area contributed by atoms with Crippen LogP contribution < -0.4 is 10.6 Å². The van der Waals surface area contributed by atoms with E-state index in [9.17, 15) is 0 Å². The second-order valence-electron chi connectivity index (χ2n) is 24.0. The smallest absolute Gasteiger partial charge is 0.0183 e. The fourth-order valence-corrected chi connectivity index (χ4v) is 12.1. The van der Waals surface area contributed by atoms with E-state index in [-0.39, 0.29) is 55.0 Å². The van der Waals surface area contributed by atoms with Gasteiger partial charge < -0.3 is 18.1 Å². The van der Waals surface area contributed by atoms with Gasteiger partial charge in [0.15, 0.2) is 0 Å². The van der Waals surface area contributed by atoms with E-state index in [4.69, 9.17) is 16.2 Å². The number of halogens is 2. The molecular formula is C103H73BrFN5Ni5OPS-4. The number of nitrogens with zero attached hydrogens (tertiary/aromatic N) is 5. The number of pyridine rings is 5. The van der Waals surface area contributed by atoms with Crippen molar-refractivity contribution in [3.05, 3.63) is 486 Å². The van der Waals surface area contributed by atoms with Gasteiger partial charge >= 0.3 is 96.9 Å². The van der Waals surface area contributed by atoms with Crippen molar-refractivity contribution in [3.63, 3.8) is 0 Å². The van der Waals surface area contributed by atoms with E-state index in [1.165, 1.54) is 10.6 Å². The van der Waals surface area contributed by atoms with Gasteiger partial charge in [0, 0.05) is 59.5 Å². The maximum atomic E-state index is 9.12. The Morgan fingerprint density at radius 1 is 0.229 bits per heavy atom. The zero-order valence-corrected chi connectivity index (χ0v) is 71.2. The van der Waals surface area contributed by atoms with E-state index in [1.54, 1.807) is 31.0 Å². The molecule has 13 aromatic carbocycles. The molecule has 2 N–H and O–H groups in total. The summed E-state index contributed by atoms with van der Waals surface area (Å²) in [5.41, 5.74) is 20.2. The third-order valence-electron chi connectivity index (χ3n) is 16.3. The molecule has 0 spiro atoms. The maximum Gasteiger partial charge on any atom is 0.0183 e. The predicted molar refractivity (Wildman–Crippen MR) is 470 cm³/mol. The Kier molecular flexibility index (Phi) is 45.9. The molecule has 1 radical (unpaired) electrons. The molecule has 0 saturated heterocycles. The maximum absolute atomic E-state index is 9.12. The summed E-state index contributed by atoms with van der Waals surface area (Å²) < 4.78 is 9.12. The first-order valence-electron chi connectivity index (χ1n) is 35.9. The monoisotopic (exact) mass is 1850 g/mol. The average Bonchev–Trinajstić information content (AvgIpc) is 0.860. The number of benzene rings is 13. The van der Waals surface area contributed by atoms with Gasteiger partial charge in [0.2, 0.25) is 0 Å². The summed E-state index contributed by atoms with van der Waals surface area (Å²) in [6.45, 7) is 0. The van der Waals surface area contributed by atoms with Gasteiger partial charge in [-0.2, -0.15) is 215 Å². The van der Waals surface area contributed by atoms with Gasteiger partial charge in [-0.15, -0.1) is 119 Å². The van der Waals surface area contributed by atoms with Gasteiger partial charge in [0.25, 0.3) is 0 Å². The van der Waals surface area contributed by atoms with E-state index in [1.807, 2.05) is 334 Å². The third kappa shape index (κ3) is 32.5. The first kappa shape index (κ1) is 95.9. The van der Waals surface area contributed by atoms with Crippen LogP contribution in [-0.2, 0) is 91.7 Å². The Labute approximate surface area is 754 Å². The molecule has 118 heavy (non-hydrogen) atoms. The van der Waals surface area contributed by atoms with E-state index in [2.05, 4.69) is 190 Å². The number of hydrogen-bond donors (Lipinski definition) is 0. The van der Waals surface area contributed by atoms with Crippen LogP contribution in [0.15, 0.2) is 430 Å². The Morgan fingerprint density at radius 2 is 0.407 bits per heavy atom. The summed E-state index contributed by atoms with van der Waals surface area (Å²) in [5.74, 6) is 0. The first-order chi connectivity index (χ1) is 56.5. The van der Waals surface area contributed by atoms with Crippen LogP contribution in [0.2, 0.25) is 0 Å². The van der Waals surface area contributed by atoms with Crippen molar-refractivity contribution >= 4 is 46.0 Å². The standard InChI is InChI=1S/5C17H11N.C12H11P.C6H6S.BrH.FH.5Ni.H2O/c5*1-2-7-14(8-3-1)15-9-6-10-16(13-15)17-11-4-5-12-18-17;1-3-7-11(8-4-1)13-12-9-5-2-6-10-12;7-6-4-2-1-3-5-6;;;;;;;;/h5*1-7,9-12H;1-10,13H;1-5,7H;2*1H;;;;;;1H2/q5*-2;;;;;2*+1;2*+2;+3;/p-3. The largest absolute Gasteiger partial charge is 0.780 e. The van der Waals surface area contributed by atoms with Crippen molar-refractivity contribution in [2.75, 3.05) is 0 Å². The normalized spacial score (nSPS) is 9.51. The van der Waals surface area contributed by atoms with Gasteiger partial charge in [0.05, 0.1) is 0 Å². The number of hydrogen-bond acceptors (Lipinski definition) is 6. The second kappa shape index (κ2) is 56.4. The summed E-state index contributed by atoms with van der Waals surface area (Å²) in [6, 6.07) is 163.